The van der Waals surface area contributed by atoms with E-state index in [0.717, 1.165) is 42.6 Å². The van der Waals surface area contributed by atoms with Gasteiger partial charge in [0.25, 0.3) is 5.91 Å². The number of amides is 3. The Balaban J connectivity index is 1.16. The molecule has 202 valence electrons. The average molecular weight is 527 g/mol. The highest BCUT2D eigenvalue weighted by molar-refractivity contribution is 6.05. The summed E-state index contributed by atoms with van der Waals surface area (Å²) in [4.78, 5) is 41.0. The molecular weight excluding hydrogens is 492 g/mol. The molecular formula is C31H34N4O4. The zero-order chi connectivity index (χ0) is 27.6. The Labute approximate surface area is 228 Å². The second-order valence-electron chi connectivity index (χ2n) is 12.4. The maximum absolute atomic E-state index is 13.1. The largest absolute Gasteiger partial charge is 0.385 e. The van der Waals surface area contributed by atoms with E-state index in [0.29, 0.717) is 31.5 Å². The van der Waals surface area contributed by atoms with Crippen molar-refractivity contribution in [3.05, 3.63) is 70.3 Å². The molecule has 0 aromatic heterocycles. The summed E-state index contributed by atoms with van der Waals surface area (Å²) in [6.45, 7) is 6.66. The maximum Gasteiger partial charge on any atom is 0.255 e. The molecule has 8 heteroatoms. The number of rotatable bonds is 5. The summed E-state index contributed by atoms with van der Waals surface area (Å²) in [5, 5.41) is 23.8. The summed E-state index contributed by atoms with van der Waals surface area (Å²) in [6.07, 6.45) is 2.98. The van der Waals surface area contributed by atoms with Gasteiger partial charge >= 0.3 is 0 Å². The molecule has 39 heavy (non-hydrogen) atoms. The van der Waals surface area contributed by atoms with Crippen LogP contribution < -0.4 is 5.32 Å². The zero-order valence-electron chi connectivity index (χ0n) is 22.5. The lowest BCUT2D eigenvalue weighted by Crippen LogP contribution is -2.55. The SMILES string of the molecule is CC1(C)CN(Cc2ccc(C3(C#N)CC3)cc2)CC[C@]1(O)c1ccc2c(c1)CN([C@@H]1CCC(=O)NC1=O)C2=O. The van der Waals surface area contributed by atoms with Crippen molar-refractivity contribution < 1.29 is 19.5 Å². The second-order valence-corrected chi connectivity index (χ2v) is 12.4. The summed E-state index contributed by atoms with van der Waals surface area (Å²) in [6, 6.07) is 15.8. The van der Waals surface area contributed by atoms with Crippen molar-refractivity contribution in [3.8, 4) is 6.07 Å². The van der Waals surface area contributed by atoms with Crippen molar-refractivity contribution in [2.75, 3.05) is 13.1 Å². The maximum atomic E-state index is 13.1. The van der Waals surface area contributed by atoms with Crippen LogP contribution in [0.25, 0.3) is 0 Å². The molecule has 1 saturated carbocycles. The van der Waals surface area contributed by atoms with Crippen LogP contribution in [0, 0.1) is 16.7 Å². The molecule has 2 N–H and O–H groups in total. The van der Waals surface area contributed by atoms with Crippen LogP contribution in [-0.2, 0) is 33.7 Å². The summed E-state index contributed by atoms with van der Waals surface area (Å²) < 4.78 is 0. The Morgan fingerprint density at radius 1 is 1.05 bits per heavy atom. The number of carbonyl (C=O) groups is 3. The van der Waals surface area contributed by atoms with E-state index < -0.39 is 23.0 Å². The van der Waals surface area contributed by atoms with Gasteiger partial charge in [0.05, 0.1) is 17.1 Å². The number of nitriles is 1. The van der Waals surface area contributed by atoms with Crippen LogP contribution in [0.4, 0.5) is 0 Å². The van der Waals surface area contributed by atoms with Gasteiger partial charge in [-0.15, -0.1) is 0 Å². The number of hydrogen-bond donors (Lipinski definition) is 2. The van der Waals surface area contributed by atoms with Crippen molar-refractivity contribution in [1.82, 2.24) is 15.1 Å². The van der Waals surface area contributed by atoms with Crippen molar-refractivity contribution in [2.24, 2.45) is 5.41 Å². The van der Waals surface area contributed by atoms with Gasteiger partial charge in [0, 0.05) is 43.6 Å². The fourth-order valence-electron chi connectivity index (χ4n) is 6.71. The van der Waals surface area contributed by atoms with Gasteiger partial charge in [-0.3, -0.25) is 24.6 Å². The van der Waals surface area contributed by atoms with Gasteiger partial charge in [0.2, 0.25) is 11.8 Å². The third kappa shape index (κ3) is 4.25. The van der Waals surface area contributed by atoms with E-state index in [4.69, 9.17) is 0 Å². The summed E-state index contributed by atoms with van der Waals surface area (Å²) >= 11 is 0. The Hall–Kier alpha value is -3.54. The Morgan fingerprint density at radius 3 is 2.41 bits per heavy atom. The molecule has 3 fully saturated rings. The van der Waals surface area contributed by atoms with Gasteiger partial charge in [-0.2, -0.15) is 5.26 Å². The van der Waals surface area contributed by atoms with Crippen LogP contribution in [0.15, 0.2) is 42.5 Å². The van der Waals surface area contributed by atoms with Crippen molar-refractivity contribution in [3.63, 3.8) is 0 Å². The van der Waals surface area contributed by atoms with Crippen LogP contribution in [-0.4, -0.2) is 51.8 Å². The minimum absolute atomic E-state index is 0.208. The number of hydrogen-bond acceptors (Lipinski definition) is 6. The molecule has 8 nitrogen and oxygen atoms in total. The van der Waals surface area contributed by atoms with Crippen LogP contribution in [0.3, 0.4) is 0 Å². The summed E-state index contributed by atoms with van der Waals surface area (Å²) in [7, 11) is 0. The van der Waals surface area contributed by atoms with Gasteiger partial charge in [-0.1, -0.05) is 50.2 Å². The Morgan fingerprint density at radius 2 is 1.77 bits per heavy atom. The number of likely N-dealkylation sites (tertiary alicyclic amines) is 1. The summed E-state index contributed by atoms with van der Waals surface area (Å²) in [5.74, 6) is -0.937. The third-order valence-electron chi connectivity index (χ3n) is 9.41. The number of aliphatic hydroxyl groups is 1. The average Bonchev–Trinajstić information content (AvgIpc) is 3.64. The lowest BCUT2D eigenvalue weighted by Gasteiger charge is -2.50. The van der Waals surface area contributed by atoms with Crippen molar-refractivity contribution in [1.29, 1.82) is 5.26 Å². The zero-order valence-corrected chi connectivity index (χ0v) is 22.5. The molecule has 1 aliphatic carbocycles. The normalized spacial score (nSPS) is 27.6. The van der Waals surface area contributed by atoms with Gasteiger partial charge in [-0.25, -0.2) is 0 Å². The molecule has 3 aliphatic heterocycles. The molecule has 2 aromatic rings. The lowest BCUT2D eigenvalue weighted by atomic mass is 9.66. The first-order valence-corrected chi connectivity index (χ1v) is 13.8. The predicted octanol–water partition coefficient (Wildman–Crippen LogP) is 3.12. The quantitative estimate of drug-likeness (QED) is 0.579. The molecule has 2 saturated heterocycles. The molecule has 0 bridgehead atoms. The van der Waals surface area contributed by atoms with E-state index in [1.54, 1.807) is 11.0 Å². The number of carbonyl (C=O) groups excluding carboxylic acids is 3. The van der Waals surface area contributed by atoms with E-state index in [9.17, 15) is 24.8 Å². The highest BCUT2D eigenvalue weighted by Gasteiger charge is 2.50. The van der Waals surface area contributed by atoms with Gasteiger partial charge in [0.1, 0.15) is 6.04 Å². The van der Waals surface area contributed by atoms with E-state index in [-0.39, 0.29) is 23.7 Å². The summed E-state index contributed by atoms with van der Waals surface area (Å²) in [5.41, 5.74) is 2.64. The van der Waals surface area contributed by atoms with Gasteiger partial charge < -0.3 is 10.0 Å². The van der Waals surface area contributed by atoms with Crippen LogP contribution in [0.2, 0.25) is 0 Å². The number of piperidine rings is 2. The topological polar surface area (TPSA) is 114 Å². The monoisotopic (exact) mass is 526 g/mol. The molecule has 4 aliphatic rings. The highest BCUT2D eigenvalue weighted by Crippen LogP contribution is 2.48. The molecule has 0 radical (unpaired) electrons. The number of imide groups is 1. The van der Waals surface area contributed by atoms with Gasteiger partial charge in [-0.05, 0) is 54.0 Å². The fourth-order valence-corrected chi connectivity index (χ4v) is 6.71. The molecule has 3 heterocycles. The van der Waals surface area contributed by atoms with Crippen molar-refractivity contribution in [2.45, 2.75) is 76.1 Å². The standard InChI is InChI=1S/C31H34N4O4/c1-29(2)19-34(16-20-3-5-22(6-4-20)30(18-32)11-12-30)14-13-31(29,39)23-7-8-24-21(15-23)17-35(28(24)38)25-9-10-26(36)33-27(25)37/h3-8,15,25,39H,9-14,16-17,19H2,1-2H3,(H,33,36,37)/t25-,31+/m1/s1. The number of nitrogens with zero attached hydrogens (tertiary/aromatic N) is 3. The molecule has 0 unspecified atom stereocenters. The van der Waals surface area contributed by atoms with Crippen LogP contribution in [0.1, 0.15) is 78.6 Å². The Kier molecular flexibility index (Phi) is 5.94. The highest BCUT2D eigenvalue weighted by atomic mass is 16.3. The first-order valence-electron chi connectivity index (χ1n) is 13.8. The number of fused-ring (bicyclic) bond motifs is 1. The van der Waals surface area contributed by atoms with E-state index >= 15 is 0 Å². The smallest absolute Gasteiger partial charge is 0.255 e. The minimum atomic E-state index is -1.07. The van der Waals surface area contributed by atoms with Crippen molar-refractivity contribution >= 4 is 17.7 Å². The van der Waals surface area contributed by atoms with E-state index in [1.807, 2.05) is 12.1 Å². The van der Waals surface area contributed by atoms with E-state index in [2.05, 4.69) is 54.4 Å². The number of nitrogens with one attached hydrogen (secondary N) is 1. The van der Waals surface area contributed by atoms with Crippen LogP contribution >= 0.6 is 0 Å². The second kappa shape index (κ2) is 9.00. The minimum Gasteiger partial charge on any atom is -0.385 e. The first-order chi connectivity index (χ1) is 18.5. The third-order valence-corrected chi connectivity index (χ3v) is 9.41. The molecule has 3 amide bonds. The first kappa shape index (κ1) is 25.7. The molecule has 2 aromatic carbocycles. The van der Waals surface area contributed by atoms with Crippen LogP contribution in [0.5, 0.6) is 0 Å². The molecule has 2 atom stereocenters. The fraction of sp³-hybridized carbons (Fsp3) is 0.484. The van der Waals surface area contributed by atoms with E-state index in [1.165, 1.54) is 5.56 Å². The molecule has 6 rings (SSSR count). The van der Waals surface area contributed by atoms with Gasteiger partial charge in [0.15, 0.2) is 0 Å². The lowest BCUT2D eigenvalue weighted by molar-refractivity contribution is -0.136. The predicted molar refractivity (Wildman–Crippen MR) is 143 cm³/mol. The Bertz CT molecular complexity index is 1400. The molecule has 0 spiro atoms. The number of benzene rings is 2.